The van der Waals surface area contributed by atoms with Gasteiger partial charge in [0.2, 0.25) is 11.8 Å². The van der Waals surface area contributed by atoms with Gasteiger partial charge in [0.1, 0.15) is 6.04 Å². The first-order chi connectivity index (χ1) is 6.45. The normalized spacial score (nSPS) is 27.5. The Hall–Kier alpha value is -1.63. The van der Waals surface area contributed by atoms with E-state index in [2.05, 4.69) is 5.32 Å². The summed E-state index contributed by atoms with van der Waals surface area (Å²) in [7, 11) is 1.33. The van der Waals surface area contributed by atoms with E-state index < -0.39 is 29.9 Å². The molecule has 1 saturated heterocycles. The SMILES string of the molecule is CN1C(=O)C(C(N)=O)NCC1C(=O)O. The van der Waals surface area contributed by atoms with Crippen molar-refractivity contribution in [3.8, 4) is 0 Å². The van der Waals surface area contributed by atoms with Gasteiger partial charge in [0.25, 0.3) is 0 Å². The molecule has 0 aromatic carbocycles. The Morgan fingerprint density at radius 1 is 1.64 bits per heavy atom. The number of amides is 2. The second kappa shape index (κ2) is 3.62. The van der Waals surface area contributed by atoms with Crippen molar-refractivity contribution in [3.05, 3.63) is 0 Å². The Kier molecular flexibility index (Phi) is 2.70. The maximum atomic E-state index is 11.4. The van der Waals surface area contributed by atoms with Gasteiger partial charge < -0.3 is 15.7 Å². The standard InChI is InChI=1S/C7H11N3O4/c1-10-3(7(13)14)2-9-4(5(8)11)6(10)12/h3-4,9H,2H2,1H3,(H2,8,11)(H,13,14). The van der Waals surface area contributed by atoms with E-state index in [-0.39, 0.29) is 6.54 Å². The number of carbonyl (C=O) groups is 3. The zero-order valence-corrected chi connectivity index (χ0v) is 7.56. The number of nitrogens with zero attached hydrogens (tertiary/aromatic N) is 1. The minimum absolute atomic E-state index is 0.0190. The number of primary amides is 1. The highest BCUT2D eigenvalue weighted by Gasteiger charge is 2.38. The van der Waals surface area contributed by atoms with Gasteiger partial charge in [-0.05, 0) is 0 Å². The summed E-state index contributed by atoms with van der Waals surface area (Å²) >= 11 is 0. The number of nitrogens with two attached hydrogens (primary N) is 1. The molecule has 78 valence electrons. The first kappa shape index (κ1) is 10.5. The number of hydrogen-bond acceptors (Lipinski definition) is 4. The number of rotatable bonds is 2. The Labute approximate surface area is 79.9 Å². The summed E-state index contributed by atoms with van der Waals surface area (Å²) < 4.78 is 0. The Balaban J connectivity index is 2.79. The molecule has 7 heteroatoms. The Bertz CT molecular complexity index is 291. The molecule has 1 aliphatic rings. The van der Waals surface area contributed by atoms with Crippen molar-refractivity contribution in [2.45, 2.75) is 12.1 Å². The molecule has 2 unspecified atom stereocenters. The molecule has 4 N–H and O–H groups in total. The molecule has 0 radical (unpaired) electrons. The van der Waals surface area contributed by atoms with E-state index in [4.69, 9.17) is 10.8 Å². The van der Waals surface area contributed by atoms with Gasteiger partial charge in [-0.15, -0.1) is 0 Å². The van der Waals surface area contributed by atoms with Crippen molar-refractivity contribution in [2.75, 3.05) is 13.6 Å². The number of carbonyl (C=O) groups excluding carboxylic acids is 2. The quantitative estimate of drug-likeness (QED) is 0.422. The topological polar surface area (TPSA) is 113 Å². The van der Waals surface area contributed by atoms with Crippen molar-refractivity contribution >= 4 is 17.8 Å². The monoisotopic (exact) mass is 201 g/mol. The van der Waals surface area contributed by atoms with E-state index in [1.165, 1.54) is 7.05 Å². The van der Waals surface area contributed by atoms with Crippen molar-refractivity contribution in [1.82, 2.24) is 10.2 Å². The predicted octanol–water partition coefficient (Wildman–Crippen LogP) is -2.64. The molecule has 1 rings (SSSR count). The van der Waals surface area contributed by atoms with Crippen LogP contribution in [0.2, 0.25) is 0 Å². The largest absolute Gasteiger partial charge is 0.480 e. The third-order valence-corrected chi connectivity index (χ3v) is 2.15. The molecule has 1 fully saturated rings. The average Bonchev–Trinajstić information content (AvgIpc) is 2.08. The number of nitrogens with one attached hydrogen (secondary N) is 1. The minimum atomic E-state index is -1.12. The lowest BCUT2D eigenvalue weighted by atomic mass is 10.1. The van der Waals surface area contributed by atoms with Crippen LogP contribution in [0.1, 0.15) is 0 Å². The number of carboxylic acids is 1. The molecule has 1 aliphatic heterocycles. The molecule has 14 heavy (non-hydrogen) atoms. The lowest BCUT2D eigenvalue weighted by Gasteiger charge is -2.33. The third kappa shape index (κ3) is 1.67. The number of likely N-dealkylation sites (N-methyl/N-ethyl adjacent to an activating group) is 1. The molecule has 0 aromatic heterocycles. The van der Waals surface area contributed by atoms with E-state index in [1.807, 2.05) is 0 Å². The second-order valence-corrected chi connectivity index (χ2v) is 3.05. The molecule has 7 nitrogen and oxygen atoms in total. The van der Waals surface area contributed by atoms with Crippen molar-refractivity contribution in [2.24, 2.45) is 5.73 Å². The highest BCUT2D eigenvalue weighted by Crippen LogP contribution is 2.06. The molecule has 0 saturated carbocycles. The molecular formula is C7H11N3O4. The van der Waals surface area contributed by atoms with Crippen LogP contribution in [0.3, 0.4) is 0 Å². The van der Waals surface area contributed by atoms with Crippen LogP contribution in [0.15, 0.2) is 0 Å². The van der Waals surface area contributed by atoms with Crippen LogP contribution in [0, 0.1) is 0 Å². The van der Waals surface area contributed by atoms with Crippen LogP contribution < -0.4 is 11.1 Å². The summed E-state index contributed by atoms with van der Waals surface area (Å²) in [5.41, 5.74) is 4.95. The summed E-state index contributed by atoms with van der Waals surface area (Å²) in [6, 6.07) is -2.06. The third-order valence-electron chi connectivity index (χ3n) is 2.15. The summed E-state index contributed by atoms with van der Waals surface area (Å²) in [6.07, 6.45) is 0. The summed E-state index contributed by atoms with van der Waals surface area (Å²) in [5, 5.41) is 11.2. The highest BCUT2D eigenvalue weighted by molar-refractivity contribution is 6.05. The summed E-state index contributed by atoms with van der Waals surface area (Å²) in [6.45, 7) is 0.0190. The molecule has 1 heterocycles. The van der Waals surface area contributed by atoms with Crippen LogP contribution in [0.25, 0.3) is 0 Å². The van der Waals surface area contributed by atoms with Crippen molar-refractivity contribution < 1.29 is 19.5 Å². The number of piperazine rings is 1. The van der Waals surface area contributed by atoms with Crippen molar-refractivity contribution in [1.29, 1.82) is 0 Å². The first-order valence-corrected chi connectivity index (χ1v) is 3.97. The zero-order valence-electron chi connectivity index (χ0n) is 7.56. The smallest absolute Gasteiger partial charge is 0.327 e. The van der Waals surface area contributed by atoms with Gasteiger partial charge in [-0.2, -0.15) is 0 Å². The summed E-state index contributed by atoms with van der Waals surface area (Å²) in [5.74, 6) is -2.53. The minimum Gasteiger partial charge on any atom is -0.480 e. The van der Waals surface area contributed by atoms with Gasteiger partial charge in [0.05, 0.1) is 0 Å². The van der Waals surface area contributed by atoms with Crippen LogP contribution in [-0.4, -0.2) is 53.5 Å². The van der Waals surface area contributed by atoms with E-state index in [9.17, 15) is 14.4 Å². The molecular weight excluding hydrogens is 190 g/mol. The van der Waals surface area contributed by atoms with Crippen molar-refractivity contribution in [3.63, 3.8) is 0 Å². The molecule has 0 aliphatic carbocycles. The van der Waals surface area contributed by atoms with Gasteiger partial charge in [0, 0.05) is 13.6 Å². The van der Waals surface area contributed by atoms with Crippen LogP contribution in [0.4, 0.5) is 0 Å². The van der Waals surface area contributed by atoms with E-state index in [0.29, 0.717) is 0 Å². The van der Waals surface area contributed by atoms with Gasteiger partial charge in [-0.25, -0.2) is 4.79 Å². The lowest BCUT2D eigenvalue weighted by molar-refractivity contribution is -0.154. The Morgan fingerprint density at radius 2 is 2.21 bits per heavy atom. The molecule has 0 spiro atoms. The molecule has 0 bridgehead atoms. The average molecular weight is 201 g/mol. The first-order valence-electron chi connectivity index (χ1n) is 3.97. The van der Waals surface area contributed by atoms with Crippen LogP contribution in [0.5, 0.6) is 0 Å². The number of aliphatic carboxylic acids is 1. The fourth-order valence-electron chi connectivity index (χ4n) is 1.29. The number of carboxylic acid groups (broad SMARTS) is 1. The maximum absolute atomic E-state index is 11.4. The zero-order chi connectivity index (χ0) is 10.9. The fraction of sp³-hybridized carbons (Fsp3) is 0.571. The molecule has 0 aromatic rings. The predicted molar refractivity (Wildman–Crippen MR) is 45.2 cm³/mol. The Morgan fingerprint density at radius 3 is 2.64 bits per heavy atom. The van der Waals surface area contributed by atoms with E-state index in [1.54, 1.807) is 0 Å². The van der Waals surface area contributed by atoms with Gasteiger partial charge in [0.15, 0.2) is 6.04 Å². The van der Waals surface area contributed by atoms with E-state index in [0.717, 1.165) is 4.90 Å². The van der Waals surface area contributed by atoms with Gasteiger partial charge in [-0.3, -0.25) is 14.9 Å². The second-order valence-electron chi connectivity index (χ2n) is 3.05. The van der Waals surface area contributed by atoms with Gasteiger partial charge in [-0.1, -0.05) is 0 Å². The van der Waals surface area contributed by atoms with Crippen LogP contribution >= 0.6 is 0 Å². The molecule has 2 atom stereocenters. The molecule has 2 amide bonds. The maximum Gasteiger partial charge on any atom is 0.327 e. The van der Waals surface area contributed by atoms with Gasteiger partial charge >= 0.3 is 5.97 Å². The van der Waals surface area contributed by atoms with E-state index >= 15 is 0 Å². The fourth-order valence-corrected chi connectivity index (χ4v) is 1.29. The summed E-state index contributed by atoms with van der Waals surface area (Å²) in [4.78, 5) is 33.8. The highest BCUT2D eigenvalue weighted by atomic mass is 16.4. The number of hydrogen-bond donors (Lipinski definition) is 3. The van der Waals surface area contributed by atoms with Crippen LogP contribution in [-0.2, 0) is 14.4 Å². The lowest BCUT2D eigenvalue weighted by Crippen LogP contribution is -2.64.